The molecule has 4 nitrogen and oxygen atoms in total. The highest BCUT2D eigenvalue weighted by atomic mass is 28.4. The van der Waals surface area contributed by atoms with Crippen molar-refractivity contribution in [1.82, 2.24) is 4.90 Å². The molecule has 0 spiro atoms. The summed E-state index contributed by atoms with van der Waals surface area (Å²) < 4.78 is 19.1. The molecule has 0 atom stereocenters. The van der Waals surface area contributed by atoms with E-state index in [1.165, 1.54) is 38.2 Å². The Morgan fingerprint density at radius 2 is 1.27 bits per heavy atom. The van der Waals surface area contributed by atoms with Crippen molar-refractivity contribution in [2.45, 2.75) is 72.4 Å². The van der Waals surface area contributed by atoms with Gasteiger partial charge in [0, 0.05) is 31.7 Å². The predicted octanol–water partition coefficient (Wildman–Crippen LogP) is 7.92. The number of hydrogen-bond donors (Lipinski definition) is 0. The van der Waals surface area contributed by atoms with Crippen LogP contribution in [0.5, 0.6) is 0 Å². The maximum absolute atomic E-state index is 6.78. The lowest BCUT2D eigenvalue weighted by Gasteiger charge is -2.36. The summed E-state index contributed by atoms with van der Waals surface area (Å²) in [5, 5.41) is 5.37. The second-order valence-corrected chi connectivity index (χ2v) is 18.9. The molecule has 41 heavy (non-hydrogen) atoms. The fraction of sp³-hybridized carbons (Fsp3) is 0.429. The molecule has 1 fully saturated rings. The van der Waals surface area contributed by atoms with E-state index in [4.69, 9.17) is 13.7 Å². The van der Waals surface area contributed by atoms with Gasteiger partial charge in [-0.25, -0.2) is 0 Å². The van der Waals surface area contributed by atoms with E-state index < -0.39 is 8.32 Å². The lowest BCUT2D eigenvalue weighted by atomic mass is 9.73. The topological polar surface area (TPSA) is 30.9 Å². The average Bonchev–Trinajstić information content (AvgIpc) is 2.92. The Balaban J connectivity index is 1.46. The van der Waals surface area contributed by atoms with Crippen molar-refractivity contribution < 1.29 is 13.7 Å². The third-order valence-electron chi connectivity index (χ3n) is 8.97. The van der Waals surface area contributed by atoms with Crippen molar-refractivity contribution in [3.63, 3.8) is 0 Å². The standard InChI is InChI=1S/C35H46BNO3Si/c1-34(2,3)41(7,8)40-23-32-29-18-12-10-16-27(29)31(28-17-11-13-19-30(28)32)22-37(6)21-26-15-9-14-20-33(26)36-38-24-35(4,5)25-39-36/h9-20H,21-25H2,1-8H3. The zero-order chi connectivity index (χ0) is 29.4. The molecule has 1 aliphatic rings. The first-order valence-electron chi connectivity index (χ1n) is 14.9. The van der Waals surface area contributed by atoms with Gasteiger partial charge in [-0.2, -0.15) is 0 Å². The van der Waals surface area contributed by atoms with Crippen LogP contribution in [0.15, 0.2) is 72.8 Å². The summed E-state index contributed by atoms with van der Waals surface area (Å²) in [6.07, 6.45) is 0. The summed E-state index contributed by atoms with van der Waals surface area (Å²) in [5.74, 6) is 0. The molecular formula is C35H46BNO3Si. The number of benzene rings is 4. The van der Waals surface area contributed by atoms with Crippen molar-refractivity contribution in [3.8, 4) is 0 Å². The highest BCUT2D eigenvalue weighted by molar-refractivity contribution is 6.74. The Morgan fingerprint density at radius 1 is 0.780 bits per heavy atom. The molecule has 6 heteroatoms. The van der Waals surface area contributed by atoms with Crippen molar-refractivity contribution >= 4 is 42.4 Å². The molecule has 1 saturated heterocycles. The Labute approximate surface area is 248 Å². The van der Waals surface area contributed by atoms with Gasteiger partial charge in [-0.15, -0.1) is 0 Å². The lowest BCUT2D eigenvalue weighted by Crippen LogP contribution is -2.48. The number of rotatable bonds is 8. The van der Waals surface area contributed by atoms with Gasteiger partial charge in [0.25, 0.3) is 0 Å². The molecule has 1 heterocycles. The zero-order valence-electron chi connectivity index (χ0n) is 26.2. The number of nitrogens with zero attached hydrogens (tertiary/aromatic N) is 1. The van der Waals surface area contributed by atoms with E-state index >= 15 is 0 Å². The van der Waals surface area contributed by atoms with Gasteiger partial charge in [0.05, 0.1) is 6.61 Å². The van der Waals surface area contributed by atoms with E-state index in [2.05, 4.69) is 132 Å². The molecule has 5 rings (SSSR count). The van der Waals surface area contributed by atoms with Gasteiger partial charge in [0.1, 0.15) is 0 Å². The molecule has 1 aliphatic heterocycles. The number of fused-ring (bicyclic) bond motifs is 2. The van der Waals surface area contributed by atoms with Crippen molar-refractivity contribution in [3.05, 3.63) is 89.5 Å². The first-order valence-corrected chi connectivity index (χ1v) is 17.8. The van der Waals surface area contributed by atoms with Crippen molar-refractivity contribution in [2.24, 2.45) is 5.41 Å². The summed E-state index contributed by atoms with van der Waals surface area (Å²) >= 11 is 0. The van der Waals surface area contributed by atoms with Crippen molar-refractivity contribution in [2.75, 3.05) is 20.3 Å². The molecule has 4 aromatic carbocycles. The highest BCUT2D eigenvalue weighted by Crippen LogP contribution is 2.39. The summed E-state index contributed by atoms with van der Waals surface area (Å²) in [4.78, 5) is 2.41. The van der Waals surface area contributed by atoms with Gasteiger partial charge in [-0.05, 0) is 68.9 Å². The van der Waals surface area contributed by atoms with Crippen LogP contribution in [0.1, 0.15) is 51.3 Å². The minimum atomic E-state index is -1.90. The first kappa shape index (κ1) is 30.0. The van der Waals surface area contributed by atoms with Crippen LogP contribution in [0.4, 0.5) is 0 Å². The largest absolute Gasteiger partial charge is 0.494 e. The molecule has 0 aromatic heterocycles. The van der Waals surface area contributed by atoms with Crippen LogP contribution < -0.4 is 5.46 Å². The molecular weight excluding hydrogens is 521 g/mol. The van der Waals surface area contributed by atoms with Gasteiger partial charge in [0.2, 0.25) is 0 Å². The Bertz CT molecular complexity index is 1460. The molecule has 0 bridgehead atoms. The number of hydrogen-bond acceptors (Lipinski definition) is 4. The van der Waals surface area contributed by atoms with E-state index in [-0.39, 0.29) is 17.6 Å². The zero-order valence-corrected chi connectivity index (χ0v) is 27.2. The van der Waals surface area contributed by atoms with Crippen LogP contribution in [-0.4, -0.2) is 40.6 Å². The maximum Gasteiger partial charge on any atom is 0.494 e. The molecule has 0 saturated carbocycles. The summed E-state index contributed by atoms with van der Waals surface area (Å²) in [5.41, 5.74) is 5.08. The van der Waals surface area contributed by atoms with Gasteiger partial charge >= 0.3 is 7.12 Å². The smallest absolute Gasteiger partial charge is 0.413 e. The Kier molecular flexibility index (Phi) is 8.53. The van der Waals surface area contributed by atoms with Gasteiger partial charge in [0.15, 0.2) is 8.32 Å². The van der Waals surface area contributed by atoms with E-state index in [1.807, 2.05) is 0 Å². The van der Waals surface area contributed by atoms with Gasteiger partial charge < -0.3 is 13.7 Å². The van der Waals surface area contributed by atoms with Crippen LogP contribution in [-0.2, 0) is 33.4 Å². The van der Waals surface area contributed by atoms with E-state index in [0.717, 1.165) is 18.6 Å². The van der Waals surface area contributed by atoms with Crippen molar-refractivity contribution in [1.29, 1.82) is 0 Å². The Morgan fingerprint density at radius 3 is 1.80 bits per heavy atom. The second kappa shape index (κ2) is 11.7. The quantitative estimate of drug-likeness (QED) is 0.160. The third-order valence-corrected chi connectivity index (χ3v) is 13.4. The maximum atomic E-state index is 6.78. The summed E-state index contributed by atoms with van der Waals surface area (Å²) in [6.45, 7) is 19.6. The van der Waals surface area contributed by atoms with Crippen LogP contribution in [0.25, 0.3) is 21.5 Å². The Hall–Kier alpha value is -2.48. The highest BCUT2D eigenvalue weighted by Gasteiger charge is 2.37. The fourth-order valence-corrected chi connectivity index (χ4v) is 6.44. The minimum Gasteiger partial charge on any atom is -0.413 e. The summed E-state index contributed by atoms with van der Waals surface area (Å²) in [6, 6.07) is 26.3. The molecule has 4 aromatic rings. The molecule has 0 aliphatic carbocycles. The van der Waals surface area contributed by atoms with E-state index in [1.54, 1.807) is 0 Å². The van der Waals surface area contributed by atoms with Crippen LogP contribution in [0.2, 0.25) is 18.1 Å². The SMILES string of the molecule is CN(Cc1ccccc1B1OCC(C)(C)CO1)Cc1c2ccccc2c(CO[Si](C)(C)C(C)(C)C)c2ccccc12. The molecule has 0 unspecified atom stereocenters. The van der Waals surface area contributed by atoms with Crippen LogP contribution in [0.3, 0.4) is 0 Å². The fourth-order valence-electron chi connectivity index (χ4n) is 5.50. The van der Waals surface area contributed by atoms with Crippen LogP contribution >= 0.6 is 0 Å². The second-order valence-electron chi connectivity index (χ2n) is 14.1. The molecule has 0 N–H and O–H groups in total. The van der Waals surface area contributed by atoms with E-state index in [0.29, 0.717) is 19.8 Å². The predicted molar refractivity (Wildman–Crippen MR) is 176 cm³/mol. The molecule has 216 valence electrons. The minimum absolute atomic E-state index is 0.0479. The van der Waals surface area contributed by atoms with Gasteiger partial charge in [-0.1, -0.05) is 107 Å². The third kappa shape index (κ3) is 6.47. The molecule has 0 radical (unpaired) electrons. The normalized spacial score (nSPS) is 16.2. The molecule has 0 amide bonds. The van der Waals surface area contributed by atoms with Crippen LogP contribution in [0, 0.1) is 5.41 Å². The average molecular weight is 568 g/mol. The first-order chi connectivity index (χ1) is 19.4. The summed E-state index contributed by atoms with van der Waals surface area (Å²) in [7, 11) is -0.00401. The monoisotopic (exact) mass is 567 g/mol. The van der Waals surface area contributed by atoms with Gasteiger partial charge in [-0.3, -0.25) is 4.90 Å². The lowest BCUT2D eigenvalue weighted by molar-refractivity contribution is 0.0342. The van der Waals surface area contributed by atoms with E-state index in [9.17, 15) is 0 Å².